The molecule has 0 radical (unpaired) electrons. The van der Waals surface area contributed by atoms with E-state index in [1.807, 2.05) is 0 Å². The van der Waals surface area contributed by atoms with Gasteiger partial charge in [-0.05, 0) is 6.42 Å². The summed E-state index contributed by atoms with van der Waals surface area (Å²) in [7, 11) is 0. The summed E-state index contributed by atoms with van der Waals surface area (Å²) < 4.78 is 15.8. The van der Waals surface area contributed by atoms with Crippen LogP contribution in [0.2, 0.25) is 0 Å². The Hall–Kier alpha value is -0.720. The quantitative estimate of drug-likeness (QED) is 0.112. The van der Waals surface area contributed by atoms with Gasteiger partial charge in [0.1, 0.15) is 60.0 Å². The summed E-state index contributed by atoms with van der Waals surface area (Å²) >= 11 is 0. The Morgan fingerprint density at radius 1 is 0.775 bits per heavy atom. The second kappa shape index (κ2) is 13.3. The minimum Gasteiger partial charge on any atom is -0.395 e. The first-order valence-electron chi connectivity index (χ1n) is 12.7. The summed E-state index contributed by atoms with van der Waals surface area (Å²) in [6, 6.07) is -2.73. The number of hydrogen-bond donors (Lipinski definition) is 14. The van der Waals surface area contributed by atoms with Crippen LogP contribution in [-0.2, 0) is 14.2 Å². The SMILES string of the molecule is OCC(CO)N(CC1(O)CO[C@@H](O)[C@@H](O[C@@H]2O[C@H](CO)[C@H](O)[C@H](O)[C@H]2O)[C@@H]1O)[C@@H]1C[C@@](O)(CO)[C@H](O)[C@@H](O)[C@@H]1O. The second-order valence-corrected chi connectivity index (χ2v) is 10.7. The topological polar surface area (TPSA) is 314 Å². The molecule has 14 atom stereocenters. The number of aliphatic hydroxyl groups is 14. The average molecular weight is 592 g/mol. The highest BCUT2D eigenvalue weighted by Crippen LogP contribution is 2.36. The third-order valence-corrected chi connectivity index (χ3v) is 8.01. The monoisotopic (exact) mass is 591 g/mol. The Balaban J connectivity index is 1.88. The Bertz CT molecular complexity index is 807. The molecular formula is C22H41NO17. The number of ether oxygens (including phenoxy) is 3. The molecule has 2 heterocycles. The molecule has 236 valence electrons. The lowest BCUT2D eigenvalue weighted by molar-refractivity contribution is -0.363. The molecule has 0 aromatic rings. The lowest BCUT2D eigenvalue weighted by Gasteiger charge is -2.53. The minimum atomic E-state index is -2.45. The van der Waals surface area contributed by atoms with Gasteiger partial charge in [-0.2, -0.15) is 0 Å². The highest BCUT2D eigenvalue weighted by molar-refractivity contribution is 5.08. The van der Waals surface area contributed by atoms with Crippen molar-refractivity contribution >= 4 is 0 Å². The van der Waals surface area contributed by atoms with Crippen LogP contribution in [0.4, 0.5) is 0 Å². The molecule has 0 bridgehead atoms. The Kier molecular flexibility index (Phi) is 11.2. The van der Waals surface area contributed by atoms with Gasteiger partial charge in [0.2, 0.25) is 0 Å². The number of nitrogens with zero attached hydrogens (tertiary/aromatic N) is 1. The highest BCUT2D eigenvalue weighted by Gasteiger charge is 2.57. The van der Waals surface area contributed by atoms with Gasteiger partial charge >= 0.3 is 0 Å². The van der Waals surface area contributed by atoms with Crippen molar-refractivity contribution in [3.05, 3.63) is 0 Å². The normalized spacial score (nSPS) is 48.6. The zero-order valence-corrected chi connectivity index (χ0v) is 21.4. The Labute approximate surface area is 228 Å². The van der Waals surface area contributed by atoms with E-state index >= 15 is 0 Å². The summed E-state index contributed by atoms with van der Waals surface area (Å²) in [5.41, 5.74) is -4.79. The molecular weight excluding hydrogens is 550 g/mol. The average Bonchev–Trinajstić information content (AvgIpc) is 2.94. The molecule has 0 spiro atoms. The van der Waals surface area contributed by atoms with Gasteiger partial charge in [0, 0.05) is 12.6 Å². The highest BCUT2D eigenvalue weighted by atomic mass is 16.7. The van der Waals surface area contributed by atoms with Crippen LogP contribution in [-0.4, -0.2) is 207 Å². The van der Waals surface area contributed by atoms with Crippen molar-refractivity contribution < 1.29 is 85.7 Å². The predicted octanol–water partition coefficient (Wildman–Crippen LogP) is -9.15. The van der Waals surface area contributed by atoms with Gasteiger partial charge in [0.05, 0.1) is 45.2 Å². The summed E-state index contributed by atoms with van der Waals surface area (Å²) in [6.45, 7) is -5.03. The lowest BCUT2D eigenvalue weighted by atomic mass is 9.75. The van der Waals surface area contributed by atoms with Crippen LogP contribution in [0.3, 0.4) is 0 Å². The molecule has 0 aromatic carbocycles. The third kappa shape index (κ3) is 6.30. The summed E-state index contributed by atoms with van der Waals surface area (Å²) in [6.07, 6.45) is -21.2. The van der Waals surface area contributed by atoms with Gasteiger partial charge in [-0.3, -0.25) is 4.90 Å². The maximum atomic E-state index is 11.4. The zero-order valence-electron chi connectivity index (χ0n) is 21.4. The molecule has 3 rings (SSSR count). The van der Waals surface area contributed by atoms with Crippen molar-refractivity contribution in [1.82, 2.24) is 4.90 Å². The van der Waals surface area contributed by atoms with Gasteiger partial charge < -0.3 is 85.7 Å². The molecule has 14 N–H and O–H groups in total. The summed E-state index contributed by atoms with van der Waals surface area (Å²) in [5.74, 6) is 0. The first-order valence-corrected chi connectivity index (χ1v) is 12.7. The standard InChI is InChI=1S/C22H41NO17/c24-2-8(3-25)23(9-1-21(36,6-27)17(33)14(31)11(9)28)5-22(37)7-38-19(35)16(18(22)34)40-20-15(32)13(30)12(29)10(4-26)39-20/h8-20,24-37H,1-7H2/t9-,10-,11-,12+,13+,14+,15-,16+,17-,18+,19-,20+,21-,22?/m1/s1. The van der Waals surface area contributed by atoms with Crippen molar-refractivity contribution in [1.29, 1.82) is 0 Å². The van der Waals surface area contributed by atoms with Crippen molar-refractivity contribution in [3.8, 4) is 0 Å². The van der Waals surface area contributed by atoms with Crippen LogP contribution < -0.4 is 0 Å². The Morgan fingerprint density at radius 3 is 1.95 bits per heavy atom. The minimum absolute atomic E-state index is 0.625. The van der Waals surface area contributed by atoms with E-state index in [1.165, 1.54) is 0 Å². The molecule has 1 aliphatic carbocycles. The van der Waals surface area contributed by atoms with E-state index in [0.29, 0.717) is 0 Å². The van der Waals surface area contributed by atoms with E-state index in [0.717, 1.165) is 4.90 Å². The van der Waals surface area contributed by atoms with E-state index in [9.17, 15) is 71.5 Å². The number of aliphatic hydroxyl groups excluding tert-OH is 12. The van der Waals surface area contributed by atoms with Gasteiger partial charge in [0.15, 0.2) is 12.6 Å². The van der Waals surface area contributed by atoms with E-state index in [4.69, 9.17) is 14.2 Å². The molecule has 1 unspecified atom stereocenters. The van der Waals surface area contributed by atoms with Crippen molar-refractivity contribution in [3.63, 3.8) is 0 Å². The first-order chi connectivity index (χ1) is 18.7. The smallest absolute Gasteiger partial charge is 0.187 e. The van der Waals surface area contributed by atoms with Gasteiger partial charge in [-0.1, -0.05) is 0 Å². The first kappa shape index (κ1) is 33.8. The van der Waals surface area contributed by atoms with Crippen LogP contribution in [0.15, 0.2) is 0 Å². The fourth-order valence-corrected chi connectivity index (χ4v) is 5.40. The number of rotatable bonds is 10. The maximum absolute atomic E-state index is 11.4. The van der Waals surface area contributed by atoms with Crippen molar-refractivity contribution in [2.24, 2.45) is 0 Å². The van der Waals surface area contributed by atoms with Gasteiger partial charge in [0.25, 0.3) is 0 Å². The molecule has 0 aromatic heterocycles. The van der Waals surface area contributed by atoms with Crippen LogP contribution in [0.1, 0.15) is 6.42 Å². The van der Waals surface area contributed by atoms with E-state index < -0.39 is 137 Å². The largest absolute Gasteiger partial charge is 0.395 e. The van der Waals surface area contributed by atoms with Gasteiger partial charge in [-0.25, -0.2) is 0 Å². The molecule has 1 saturated carbocycles. The fraction of sp³-hybridized carbons (Fsp3) is 1.00. The Morgan fingerprint density at radius 2 is 1.40 bits per heavy atom. The molecule has 0 amide bonds. The summed E-state index contributed by atoms with van der Waals surface area (Å²) in [4.78, 5) is 1.02. The van der Waals surface area contributed by atoms with Crippen LogP contribution in [0.25, 0.3) is 0 Å². The van der Waals surface area contributed by atoms with E-state index in [2.05, 4.69) is 0 Å². The lowest BCUT2D eigenvalue weighted by Crippen LogP contribution is -2.73. The molecule has 3 fully saturated rings. The van der Waals surface area contributed by atoms with E-state index in [1.54, 1.807) is 0 Å². The molecule has 2 saturated heterocycles. The van der Waals surface area contributed by atoms with Crippen LogP contribution in [0.5, 0.6) is 0 Å². The molecule has 40 heavy (non-hydrogen) atoms. The fourth-order valence-electron chi connectivity index (χ4n) is 5.40. The van der Waals surface area contributed by atoms with Crippen LogP contribution in [0, 0.1) is 0 Å². The summed E-state index contributed by atoms with van der Waals surface area (Å²) in [5, 5.41) is 144. The van der Waals surface area contributed by atoms with Crippen molar-refractivity contribution in [2.75, 3.05) is 39.6 Å². The zero-order chi connectivity index (χ0) is 30.2. The van der Waals surface area contributed by atoms with Gasteiger partial charge in [-0.15, -0.1) is 0 Å². The third-order valence-electron chi connectivity index (χ3n) is 8.01. The second-order valence-electron chi connectivity index (χ2n) is 10.7. The van der Waals surface area contributed by atoms with Crippen molar-refractivity contribution in [2.45, 2.75) is 97.2 Å². The molecule has 2 aliphatic heterocycles. The number of hydrogen-bond acceptors (Lipinski definition) is 18. The predicted molar refractivity (Wildman–Crippen MR) is 125 cm³/mol. The maximum Gasteiger partial charge on any atom is 0.187 e. The molecule has 18 nitrogen and oxygen atoms in total. The van der Waals surface area contributed by atoms with E-state index in [-0.39, 0.29) is 0 Å². The molecule has 3 aliphatic rings. The molecule has 18 heteroatoms. The van der Waals surface area contributed by atoms with Crippen LogP contribution >= 0.6 is 0 Å².